The number of nitriles is 1. The lowest BCUT2D eigenvalue weighted by molar-refractivity contribution is 0.413. The quantitative estimate of drug-likeness (QED) is 0.768. The van der Waals surface area contributed by atoms with Gasteiger partial charge in [0.2, 0.25) is 0 Å². The summed E-state index contributed by atoms with van der Waals surface area (Å²) in [7, 11) is 1.62. The maximum Gasteiger partial charge on any atom is 0.119 e. The second kappa shape index (κ2) is 3.43. The van der Waals surface area contributed by atoms with Crippen molar-refractivity contribution in [3.05, 3.63) is 28.3 Å². The minimum Gasteiger partial charge on any atom is -0.497 e. The van der Waals surface area contributed by atoms with Gasteiger partial charge in [0, 0.05) is 5.02 Å². The Morgan fingerprint density at radius 2 is 2.13 bits per heavy atom. The van der Waals surface area contributed by atoms with Crippen LogP contribution in [-0.2, 0) is 5.41 Å². The third-order valence-electron chi connectivity index (χ3n) is 2.94. The van der Waals surface area contributed by atoms with E-state index in [0.717, 1.165) is 29.7 Å². The van der Waals surface area contributed by atoms with E-state index in [-0.39, 0.29) is 5.41 Å². The van der Waals surface area contributed by atoms with Gasteiger partial charge in [-0.2, -0.15) is 5.26 Å². The molecule has 0 atom stereocenters. The van der Waals surface area contributed by atoms with Crippen LogP contribution >= 0.6 is 11.6 Å². The van der Waals surface area contributed by atoms with Crippen LogP contribution in [0.25, 0.3) is 0 Å². The van der Waals surface area contributed by atoms with Gasteiger partial charge < -0.3 is 4.74 Å². The Hall–Kier alpha value is -1.20. The van der Waals surface area contributed by atoms with Gasteiger partial charge in [0.05, 0.1) is 18.6 Å². The zero-order valence-electron chi connectivity index (χ0n) is 8.80. The first-order chi connectivity index (χ1) is 7.13. The molecule has 0 N–H and O–H groups in total. The molecule has 1 saturated carbocycles. The number of aryl methyl sites for hydroxylation is 1. The van der Waals surface area contributed by atoms with E-state index in [9.17, 15) is 0 Å². The number of methoxy groups -OCH3 is 1. The lowest BCUT2D eigenvalue weighted by Crippen LogP contribution is -2.05. The molecule has 1 aliphatic carbocycles. The molecule has 0 saturated heterocycles. The van der Waals surface area contributed by atoms with Gasteiger partial charge in [-0.05, 0) is 43.0 Å². The molecule has 78 valence electrons. The smallest absolute Gasteiger partial charge is 0.119 e. The van der Waals surface area contributed by atoms with Crippen LogP contribution in [0.1, 0.15) is 24.0 Å². The summed E-state index contributed by atoms with van der Waals surface area (Å²) in [6.45, 7) is 1.93. The van der Waals surface area contributed by atoms with Crippen LogP contribution in [-0.4, -0.2) is 7.11 Å². The second-order valence-electron chi connectivity index (χ2n) is 4.00. The SMILES string of the molecule is COc1cc(C)c(Cl)c(C2(C#N)CC2)c1. The molecule has 2 rings (SSSR count). The summed E-state index contributed by atoms with van der Waals surface area (Å²) in [5.41, 5.74) is 1.53. The molecule has 0 radical (unpaired) electrons. The predicted octanol–water partition coefficient (Wildman–Crippen LogP) is 3.21. The molecule has 0 spiro atoms. The monoisotopic (exact) mass is 221 g/mol. The van der Waals surface area contributed by atoms with Gasteiger partial charge in [0.15, 0.2) is 0 Å². The molecule has 0 bridgehead atoms. The fourth-order valence-corrected chi connectivity index (χ4v) is 2.06. The molecule has 1 fully saturated rings. The molecule has 0 aromatic heterocycles. The van der Waals surface area contributed by atoms with Crippen molar-refractivity contribution in [2.75, 3.05) is 7.11 Å². The average Bonchev–Trinajstić information content (AvgIpc) is 3.02. The first-order valence-corrected chi connectivity index (χ1v) is 5.26. The minimum absolute atomic E-state index is 0.351. The van der Waals surface area contributed by atoms with Crippen molar-refractivity contribution < 1.29 is 4.74 Å². The first kappa shape index (κ1) is 10.3. The number of ether oxygens (including phenoxy) is 1. The molecule has 0 amide bonds. The van der Waals surface area contributed by atoms with Gasteiger partial charge in [0.1, 0.15) is 5.75 Å². The number of benzene rings is 1. The van der Waals surface area contributed by atoms with Crippen LogP contribution in [0.15, 0.2) is 12.1 Å². The summed E-state index contributed by atoms with van der Waals surface area (Å²) in [5.74, 6) is 0.772. The van der Waals surface area contributed by atoms with Crippen molar-refractivity contribution in [2.45, 2.75) is 25.2 Å². The Kier molecular flexibility index (Phi) is 2.36. The van der Waals surface area contributed by atoms with Gasteiger partial charge >= 0.3 is 0 Å². The van der Waals surface area contributed by atoms with Crippen LogP contribution in [0.3, 0.4) is 0 Å². The van der Waals surface area contributed by atoms with Crippen molar-refractivity contribution in [3.8, 4) is 11.8 Å². The van der Waals surface area contributed by atoms with E-state index in [1.165, 1.54) is 0 Å². The summed E-state index contributed by atoms with van der Waals surface area (Å²) in [6.07, 6.45) is 1.80. The average molecular weight is 222 g/mol. The van der Waals surface area contributed by atoms with Crippen molar-refractivity contribution in [2.24, 2.45) is 0 Å². The molecule has 2 nitrogen and oxygen atoms in total. The number of halogens is 1. The summed E-state index contributed by atoms with van der Waals surface area (Å²) in [4.78, 5) is 0. The Labute approximate surface area is 94.4 Å². The summed E-state index contributed by atoms with van der Waals surface area (Å²) < 4.78 is 5.19. The van der Waals surface area contributed by atoms with Crippen LogP contribution in [0.5, 0.6) is 5.75 Å². The van der Waals surface area contributed by atoms with E-state index < -0.39 is 0 Å². The van der Waals surface area contributed by atoms with Crippen LogP contribution in [0.4, 0.5) is 0 Å². The molecule has 1 aromatic rings. The van der Waals surface area contributed by atoms with Gasteiger partial charge in [-0.3, -0.25) is 0 Å². The fraction of sp³-hybridized carbons (Fsp3) is 0.417. The minimum atomic E-state index is -0.351. The topological polar surface area (TPSA) is 33.0 Å². The van der Waals surface area contributed by atoms with Crippen molar-refractivity contribution in [3.63, 3.8) is 0 Å². The number of nitrogens with zero attached hydrogens (tertiary/aromatic N) is 1. The number of hydrogen-bond donors (Lipinski definition) is 0. The summed E-state index contributed by atoms with van der Waals surface area (Å²) in [6, 6.07) is 6.12. The zero-order valence-corrected chi connectivity index (χ0v) is 9.56. The molecule has 1 aromatic carbocycles. The van der Waals surface area contributed by atoms with Crippen LogP contribution in [0.2, 0.25) is 5.02 Å². The molecule has 15 heavy (non-hydrogen) atoms. The Balaban J connectivity index is 2.56. The molecule has 0 heterocycles. The molecular weight excluding hydrogens is 210 g/mol. The van der Waals surface area contributed by atoms with E-state index in [4.69, 9.17) is 21.6 Å². The highest BCUT2D eigenvalue weighted by molar-refractivity contribution is 6.32. The fourth-order valence-electron chi connectivity index (χ4n) is 1.77. The lowest BCUT2D eigenvalue weighted by Gasteiger charge is -2.13. The molecular formula is C12H12ClNO. The lowest BCUT2D eigenvalue weighted by atomic mass is 9.95. The Morgan fingerprint density at radius 3 is 2.60 bits per heavy atom. The predicted molar refractivity (Wildman–Crippen MR) is 59.3 cm³/mol. The van der Waals surface area contributed by atoms with E-state index in [1.54, 1.807) is 7.11 Å². The largest absolute Gasteiger partial charge is 0.497 e. The van der Waals surface area contributed by atoms with E-state index >= 15 is 0 Å². The highest BCUT2D eigenvalue weighted by atomic mass is 35.5. The number of rotatable bonds is 2. The number of hydrogen-bond acceptors (Lipinski definition) is 2. The van der Waals surface area contributed by atoms with Gasteiger partial charge in [0.25, 0.3) is 0 Å². The van der Waals surface area contributed by atoms with E-state index in [0.29, 0.717) is 5.02 Å². The standard InChI is InChI=1S/C12H12ClNO/c1-8-5-9(15-2)6-10(11(8)13)12(7-14)3-4-12/h5-6H,3-4H2,1-2H3. The van der Waals surface area contributed by atoms with Gasteiger partial charge in [-0.1, -0.05) is 11.6 Å². The summed E-state index contributed by atoms with van der Waals surface area (Å²) in [5, 5.41) is 9.84. The first-order valence-electron chi connectivity index (χ1n) is 4.89. The highest BCUT2D eigenvalue weighted by Gasteiger charge is 2.46. The molecule has 1 aliphatic rings. The third-order valence-corrected chi connectivity index (χ3v) is 3.45. The zero-order chi connectivity index (χ0) is 11.1. The van der Waals surface area contributed by atoms with Gasteiger partial charge in [-0.25, -0.2) is 0 Å². The maximum atomic E-state index is 9.14. The third kappa shape index (κ3) is 1.57. The Bertz CT molecular complexity index is 444. The molecule has 0 unspecified atom stereocenters. The van der Waals surface area contributed by atoms with Crippen molar-refractivity contribution >= 4 is 11.6 Å². The molecule has 3 heteroatoms. The van der Waals surface area contributed by atoms with Crippen molar-refractivity contribution in [1.82, 2.24) is 0 Å². The second-order valence-corrected chi connectivity index (χ2v) is 4.38. The van der Waals surface area contributed by atoms with Crippen molar-refractivity contribution in [1.29, 1.82) is 5.26 Å². The van der Waals surface area contributed by atoms with Gasteiger partial charge in [-0.15, -0.1) is 0 Å². The highest BCUT2D eigenvalue weighted by Crippen LogP contribution is 2.51. The molecule has 0 aliphatic heterocycles. The summed E-state index contributed by atoms with van der Waals surface area (Å²) >= 11 is 6.22. The van der Waals surface area contributed by atoms with E-state index in [1.807, 2.05) is 19.1 Å². The maximum absolute atomic E-state index is 9.14. The Morgan fingerprint density at radius 1 is 1.47 bits per heavy atom. The normalized spacial score (nSPS) is 16.9. The van der Waals surface area contributed by atoms with E-state index in [2.05, 4.69) is 6.07 Å². The van der Waals surface area contributed by atoms with Crippen LogP contribution in [0, 0.1) is 18.3 Å². The van der Waals surface area contributed by atoms with Crippen LogP contribution < -0.4 is 4.74 Å².